The molecule has 1 N–H and O–H groups in total. The van der Waals surface area contributed by atoms with Crippen molar-refractivity contribution in [3.63, 3.8) is 0 Å². The van der Waals surface area contributed by atoms with Crippen LogP contribution in [0.4, 0.5) is 4.79 Å². The molecule has 1 aromatic carbocycles. The van der Waals surface area contributed by atoms with Gasteiger partial charge in [0.25, 0.3) is 0 Å². The normalized spacial score (nSPS) is 12.2. The number of benzene rings is 1. The quantitative estimate of drug-likeness (QED) is 0.745. The maximum Gasteiger partial charge on any atom is 0.408 e. The van der Waals surface area contributed by atoms with E-state index in [-0.39, 0.29) is 18.1 Å². The summed E-state index contributed by atoms with van der Waals surface area (Å²) in [5.74, 6) is -0.0726. The molecule has 25 heavy (non-hydrogen) atoms. The Morgan fingerprint density at radius 3 is 2.36 bits per heavy atom. The van der Waals surface area contributed by atoms with E-state index < -0.39 is 23.7 Å². The lowest BCUT2D eigenvalue weighted by Crippen LogP contribution is -2.45. The molecule has 1 rings (SSSR count). The molecule has 0 aromatic heterocycles. The highest BCUT2D eigenvalue weighted by Crippen LogP contribution is 2.12. The van der Waals surface area contributed by atoms with Gasteiger partial charge in [-0.1, -0.05) is 49.0 Å². The SMILES string of the molecule is CCSC(=O)C[C@H](NC(=O)OC(C)(C)C)C(=O)OCc1ccccc1. The molecular weight excluding hydrogens is 342 g/mol. The van der Waals surface area contributed by atoms with Gasteiger partial charge in [-0.3, -0.25) is 4.79 Å². The van der Waals surface area contributed by atoms with Crippen molar-refractivity contribution in [3.8, 4) is 0 Å². The number of nitrogens with one attached hydrogen (secondary N) is 1. The van der Waals surface area contributed by atoms with Crippen molar-refractivity contribution in [1.29, 1.82) is 0 Å². The number of hydrogen-bond donors (Lipinski definition) is 1. The van der Waals surface area contributed by atoms with Crippen LogP contribution in [0, 0.1) is 0 Å². The van der Waals surface area contributed by atoms with Crippen molar-refractivity contribution in [2.45, 2.75) is 52.4 Å². The molecule has 0 saturated carbocycles. The summed E-state index contributed by atoms with van der Waals surface area (Å²) in [5, 5.41) is 2.23. The average Bonchev–Trinajstić information content (AvgIpc) is 2.51. The van der Waals surface area contributed by atoms with Crippen LogP contribution in [-0.2, 0) is 25.7 Å². The maximum atomic E-state index is 12.3. The second-order valence-electron chi connectivity index (χ2n) is 6.30. The van der Waals surface area contributed by atoms with Gasteiger partial charge < -0.3 is 14.8 Å². The van der Waals surface area contributed by atoms with E-state index >= 15 is 0 Å². The van der Waals surface area contributed by atoms with Crippen molar-refractivity contribution in [2.75, 3.05) is 5.75 Å². The van der Waals surface area contributed by atoms with Gasteiger partial charge in [0.1, 0.15) is 18.2 Å². The van der Waals surface area contributed by atoms with Crippen LogP contribution >= 0.6 is 11.8 Å². The van der Waals surface area contributed by atoms with E-state index in [0.717, 1.165) is 17.3 Å². The van der Waals surface area contributed by atoms with Gasteiger partial charge in [-0.25, -0.2) is 9.59 Å². The first-order chi connectivity index (χ1) is 11.7. The largest absolute Gasteiger partial charge is 0.459 e. The standard InChI is InChI=1S/C18H25NO5S/c1-5-25-15(20)11-14(19-17(22)24-18(2,3)4)16(21)23-12-13-9-7-6-8-10-13/h6-10,14H,5,11-12H2,1-4H3,(H,19,22)/t14-/m0/s1. The van der Waals surface area contributed by atoms with Crippen molar-refractivity contribution in [2.24, 2.45) is 0 Å². The molecule has 0 aliphatic carbocycles. The third-order valence-corrected chi connectivity index (χ3v) is 3.65. The number of amides is 1. The van der Waals surface area contributed by atoms with Crippen LogP contribution in [-0.4, -0.2) is 34.6 Å². The molecule has 1 aromatic rings. The molecule has 0 aliphatic heterocycles. The maximum absolute atomic E-state index is 12.3. The highest BCUT2D eigenvalue weighted by atomic mass is 32.2. The van der Waals surface area contributed by atoms with Gasteiger partial charge in [0.15, 0.2) is 5.12 Å². The van der Waals surface area contributed by atoms with Gasteiger partial charge >= 0.3 is 12.1 Å². The molecular formula is C18H25NO5S. The predicted molar refractivity (Wildman–Crippen MR) is 97.2 cm³/mol. The van der Waals surface area contributed by atoms with Crippen molar-refractivity contribution < 1.29 is 23.9 Å². The van der Waals surface area contributed by atoms with E-state index in [1.807, 2.05) is 37.3 Å². The Balaban J connectivity index is 2.69. The number of thioether (sulfide) groups is 1. The topological polar surface area (TPSA) is 81.7 Å². The Morgan fingerprint density at radius 2 is 1.80 bits per heavy atom. The van der Waals surface area contributed by atoms with E-state index in [1.165, 1.54) is 0 Å². The number of esters is 1. The third-order valence-electron chi connectivity index (χ3n) is 2.88. The second-order valence-corrected chi connectivity index (χ2v) is 7.62. The minimum Gasteiger partial charge on any atom is -0.459 e. The summed E-state index contributed by atoms with van der Waals surface area (Å²) in [6.07, 6.45) is -0.908. The summed E-state index contributed by atoms with van der Waals surface area (Å²) in [6.45, 7) is 7.06. The zero-order chi connectivity index (χ0) is 18.9. The number of carbonyl (C=O) groups excluding carboxylic acids is 3. The molecule has 1 amide bonds. The summed E-state index contributed by atoms with van der Waals surface area (Å²) >= 11 is 1.09. The Morgan fingerprint density at radius 1 is 1.16 bits per heavy atom. The van der Waals surface area contributed by atoms with Crippen LogP contribution in [0.3, 0.4) is 0 Å². The lowest BCUT2D eigenvalue weighted by Gasteiger charge is -2.22. The zero-order valence-corrected chi connectivity index (χ0v) is 15.9. The van der Waals surface area contributed by atoms with Crippen molar-refractivity contribution in [3.05, 3.63) is 35.9 Å². The third kappa shape index (κ3) is 9.14. The van der Waals surface area contributed by atoms with Gasteiger partial charge in [0.05, 0.1) is 0 Å². The molecule has 7 heteroatoms. The molecule has 0 spiro atoms. The predicted octanol–water partition coefficient (Wildman–Crippen LogP) is 3.29. The fourth-order valence-electron chi connectivity index (χ4n) is 1.86. The van der Waals surface area contributed by atoms with E-state index in [4.69, 9.17) is 9.47 Å². The Labute approximate surface area is 152 Å². The number of ether oxygens (including phenoxy) is 2. The summed E-state index contributed by atoms with van der Waals surface area (Å²) in [5.41, 5.74) is 0.117. The highest BCUT2D eigenvalue weighted by molar-refractivity contribution is 8.13. The van der Waals surface area contributed by atoms with Gasteiger partial charge in [0.2, 0.25) is 0 Å². The monoisotopic (exact) mass is 367 g/mol. The summed E-state index contributed by atoms with van der Waals surface area (Å²) in [4.78, 5) is 36.1. The summed E-state index contributed by atoms with van der Waals surface area (Å²) in [7, 11) is 0. The van der Waals surface area contributed by atoms with Gasteiger partial charge in [-0.15, -0.1) is 0 Å². The summed E-state index contributed by atoms with van der Waals surface area (Å²) in [6, 6.07) is 8.09. The van der Waals surface area contributed by atoms with E-state index in [0.29, 0.717) is 5.75 Å². The molecule has 0 heterocycles. The van der Waals surface area contributed by atoms with Crippen molar-refractivity contribution >= 4 is 28.9 Å². The molecule has 0 fully saturated rings. The highest BCUT2D eigenvalue weighted by Gasteiger charge is 2.27. The molecule has 0 unspecified atom stereocenters. The molecule has 0 saturated heterocycles. The molecule has 6 nitrogen and oxygen atoms in total. The minimum absolute atomic E-state index is 0.0707. The molecule has 0 bridgehead atoms. The first-order valence-electron chi connectivity index (χ1n) is 8.07. The zero-order valence-electron chi connectivity index (χ0n) is 15.0. The van der Waals surface area contributed by atoms with Crippen LogP contribution < -0.4 is 5.32 Å². The lowest BCUT2D eigenvalue weighted by atomic mass is 10.2. The number of hydrogen-bond acceptors (Lipinski definition) is 6. The molecule has 138 valence electrons. The lowest BCUT2D eigenvalue weighted by molar-refractivity contribution is -0.148. The van der Waals surface area contributed by atoms with Crippen LogP contribution in [0.25, 0.3) is 0 Å². The second kappa shape index (κ2) is 10.1. The van der Waals surface area contributed by atoms with Crippen LogP contribution in [0.5, 0.6) is 0 Å². The average molecular weight is 367 g/mol. The molecule has 1 atom stereocenters. The Bertz CT molecular complexity index is 583. The smallest absolute Gasteiger partial charge is 0.408 e. The van der Waals surface area contributed by atoms with Gasteiger partial charge in [-0.05, 0) is 32.1 Å². The number of carbonyl (C=O) groups is 3. The fourth-order valence-corrected chi connectivity index (χ4v) is 2.47. The van der Waals surface area contributed by atoms with E-state index in [1.54, 1.807) is 20.8 Å². The fraction of sp³-hybridized carbons (Fsp3) is 0.500. The van der Waals surface area contributed by atoms with Crippen LogP contribution in [0.1, 0.15) is 39.7 Å². The Hall–Kier alpha value is -2.02. The number of rotatable bonds is 7. The van der Waals surface area contributed by atoms with Gasteiger partial charge in [-0.2, -0.15) is 0 Å². The Kier molecular flexibility index (Phi) is 8.48. The van der Waals surface area contributed by atoms with Crippen molar-refractivity contribution in [1.82, 2.24) is 5.32 Å². The minimum atomic E-state index is -1.08. The first-order valence-corrected chi connectivity index (χ1v) is 9.05. The summed E-state index contributed by atoms with van der Waals surface area (Å²) < 4.78 is 10.4. The number of alkyl carbamates (subject to hydrolysis) is 1. The van der Waals surface area contributed by atoms with Crippen LogP contribution in [0.15, 0.2) is 30.3 Å². The molecule has 0 aliphatic rings. The van der Waals surface area contributed by atoms with Crippen LogP contribution in [0.2, 0.25) is 0 Å². The molecule has 0 radical (unpaired) electrons. The van der Waals surface area contributed by atoms with E-state index in [9.17, 15) is 14.4 Å². The van der Waals surface area contributed by atoms with Gasteiger partial charge in [0, 0.05) is 6.42 Å². The van der Waals surface area contributed by atoms with E-state index in [2.05, 4.69) is 5.32 Å². The first kappa shape index (κ1) is 21.0.